The minimum atomic E-state index is -4.45. The van der Waals surface area contributed by atoms with Crippen LogP contribution in [-0.2, 0) is 0 Å². The van der Waals surface area contributed by atoms with E-state index in [9.17, 15) is 8.22 Å². The molecule has 0 aliphatic heterocycles. The van der Waals surface area contributed by atoms with Gasteiger partial charge in [-0.1, -0.05) is 62.3 Å². The van der Waals surface area contributed by atoms with Crippen molar-refractivity contribution in [2.75, 3.05) is 0 Å². The van der Waals surface area contributed by atoms with Crippen LogP contribution in [0, 0.1) is 0 Å². The number of hydrogen-bond acceptors (Lipinski definition) is 1. The first-order valence-corrected chi connectivity index (χ1v) is 10.4. The van der Waals surface area contributed by atoms with Gasteiger partial charge in [-0.05, 0) is 22.5 Å². The highest BCUT2D eigenvalue weighted by molar-refractivity contribution is 7.71. The van der Waals surface area contributed by atoms with E-state index >= 15 is 0 Å². The Kier molecular flexibility index (Phi) is 4.78. The smallest absolute Gasteiger partial charge is 0.277 e. The Morgan fingerprint density at radius 1 is 0.722 bits per heavy atom. The molecular weight excluding hydrogens is 267 g/mol. The summed E-state index contributed by atoms with van der Waals surface area (Å²) in [4.78, 5) is 0. The van der Waals surface area contributed by atoms with Crippen LogP contribution in [0.4, 0.5) is 8.22 Å². The van der Waals surface area contributed by atoms with E-state index in [1.165, 1.54) is 0 Å². The Morgan fingerprint density at radius 2 is 0.944 bits per heavy atom. The van der Waals surface area contributed by atoms with Crippen LogP contribution in [0.5, 0.6) is 0 Å². The standard InChI is InChI=1S/C13H30F2NPSi/c1-11(2,3)17(12(4,5)6,13(7,8)9)16-18(10,14)15/h1-10H3. The quantitative estimate of drug-likeness (QED) is 0.315. The molecule has 18 heavy (non-hydrogen) atoms. The Morgan fingerprint density at radius 3 is 1.00 bits per heavy atom. The summed E-state index contributed by atoms with van der Waals surface area (Å²) in [7, 11) is -6.68. The fourth-order valence-electron chi connectivity index (χ4n) is 3.73. The Bertz CT molecular complexity index is 308. The lowest BCUT2D eigenvalue weighted by Crippen LogP contribution is -2.40. The third kappa shape index (κ3) is 3.44. The van der Waals surface area contributed by atoms with E-state index < -0.39 is 16.0 Å². The van der Waals surface area contributed by atoms with E-state index in [4.69, 9.17) is 0 Å². The van der Waals surface area contributed by atoms with Gasteiger partial charge >= 0.3 is 8.90 Å². The van der Waals surface area contributed by atoms with Crippen molar-refractivity contribution in [3.8, 4) is 0 Å². The van der Waals surface area contributed by atoms with Crippen molar-refractivity contribution in [2.45, 2.75) is 84.3 Å². The van der Waals surface area contributed by atoms with Gasteiger partial charge in [0, 0.05) is 6.55 Å². The fraction of sp³-hybridized carbons (Fsp3) is 1.00. The molecule has 0 amide bonds. The van der Waals surface area contributed by atoms with Crippen molar-refractivity contribution in [2.24, 2.45) is 4.41 Å². The summed E-state index contributed by atoms with van der Waals surface area (Å²) in [6.45, 7) is 19.7. The van der Waals surface area contributed by atoms with Gasteiger partial charge in [-0.2, -0.15) is 0 Å². The molecule has 0 aromatic carbocycles. The summed E-state index contributed by atoms with van der Waals surface area (Å²) >= 11 is 0. The number of halogens is 2. The van der Waals surface area contributed by atoms with Gasteiger partial charge in [-0.25, -0.2) is 8.22 Å². The molecule has 0 saturated carbocycles. The van der Waals surface area contributed by atoms with Crippen molar-refractivity contribution in [1.29, 1.82) is 0 Å². The molecule has 0 aromatic rings. The predicted molar refractivity (Wildman–Crippen MR) is 82.4 cm³/mol. The largest absolute Gasteiger partial charge is 0.550 e. The van der Waals surface area contributed by atoms with Crippen LogP contribution in [-0.4, -0.2) is 24.4 Å². The van der Waals surface area contributed by atoms with Gasteiger partial charge in [0.1, 0.15) is 0 Å². The molecule has 110 valence electrons. The lowest BCUT2D eigenvalue weighted by molar-refractivity contribution is 0.598. The maximum atomic E-state index is 13.8. The molecule has 0 aromatic heterocycles. The van der Waals surface area contributed by atoms with E-state index in [1.807, 2.05) is 0 Å². The molecule has 0 atom stereocenters. The molecule has 0 rings (SSSR count). The van der Waals surface area contributed by atoms with Crippen molar-refractivity contribution in [3.05, 3.63) is 0 Å². The minimum Gasteiger partial charge on any atom is -0.277 e. The predicted octanol–water partition coefficient (Wildman–Crippen LogP) is 6.09. The molecule has 0 saturated heterocycles. The van der Waals surface area contributed by atoms with E-state index in [2.05, 4.69) is 66.7 Å². The Labute approximate surface area is 113 Å². The van der Waals surface area contributed by atoms with Gasteiger partial charge in [0.15, 0.2) is 0 Å². The summed E-state index contributed by atoms with van der Waals surface area (Å²) in [6.07, 6.45) is 0. The van der Waals surface area contributed by atoms with Crippen LogP contribution in [0.2, 0.25) is 6.55 Å². The van der Waals surface area contributed by atoms with Crippen LogP contribution >= 0.6 is 7.05 Å². The normalized spacial score (nSPS) is 15.8. The highest BCUT2D eigenvalue weighted by atomic mass is 31.2. The Balaban J connectivity index is 6.59. The van der Waals surface area contributed by atoms with Gasteiger partial charge in [0.2, 0.25) is 0 Å². The van der Waals surface area contributed by atoms with Crippen LogP contribution in [0.15, 0.2) is 4.41 Å². The maximum Gasteiger partial charge on any atom is 0.550 e. The van der Waals surface area contributed by atoms with Gasteiger partial charge in [0.25, 0.3) is 0 Å². The molecule has 1 nitrogen and oxygen atoms in total. The molecule has 0 bridgehead atoms. The molecule has 0 spiro atoms. The third-order valence-corrected chi connectivity index (χ3v) is 11.7. The van der Waals surface area contributed by atoms with Gasteiger partial charge in [-0.15, -0.1) is 0 Å². The Hall–Kier alpha value is 0.307. The average Bonchev–Trinajstić information content (AvgIpc) is 1.90. The maximum absolute atomic E-state index is 13.8. The first-order valence-electron chi connectivity index (χ1n) is 6.47. The van der Waals surface area contributed by atoms with Crippen molar-refractivity contribution in [3.63, 3.8) is 0 Å². The molecule has 0 N–H and O–H groups in total. The zero-order valence-corrected chi connectivity index (χ0v) is 15.5. The van der Waals surface area contributed by atoms with Gasteiger partial charge in [0.05, 0.1) is 0 Å². The van der Waals surface area contributed by atoms with Crippen LogP contribution in [0.25, 0.3) is 0 Å². The second-order valence-electron chi connectivity index (χ2n) is 8.09. The summed E-state index contributed by atoms with van der Waals surface area (Å²) in [5.41, 5.74) is 0. The number of hydrogen-bond donors (Lipinski definition) is 0. The average molecular weight is 297 g/mol. The van der Waals surface area contributed by atoms with E-state index in [0.29, 0.717) is 0 Å². The van der Waals surface area contributed by atoms with Crippen LogP contribution in [0.3, 0.4) is 0 Å². The highest BCUT2D eigenvalue weighted by Crippen LogP contribution is 2.77. The zero-order chi connectivity index (χ0) is 15.2. The molecule has 0 aliphatic carbocycles. The van der Waals surface area contributed by atoms with E-state index in [1.54, 1.807) is 0 Å². The summed E-state index contributed by atoms with van der Waals surface area (Å²) in [6, 6.07) is 0. The minimum absolute atomic E-state index is 0.212. The second-order valence-corrected chi connectivity index (χ2v) is 15.9. The van der Waals surface area contributed by atoms with Gasteiger partial charge in [-0.3, -0.25) is 4.41 Å². The van der Waals surface area contributed by atoms with Crippen molar-refractivity contribution in [1.82, 2.24) is 0 Å². The van der Waals surface area contributed by atoms with Crippen molar-refractivity contribution < 1.29 is 8.22 Å². The number of nitrogens with zero attached hydrogens (tertiary/aromatic N) is 1. The lowest BCUT2D eigenvalue weighted by atomic mass is 10.2. The number of rotatable bonds is 1. The molecule has 0 heterocycles. The van der Waals surface area contributed by atoms with E-state index in [0.717, 1.165) is 6.55 Å². The zero-order valence-electron chi connectivity index (χ0n) is 13.7. The topological polar surface area (TPSA) is 12.4 Å². The molecule has 0 fully saturated rings. The van der Waals surface area contributed by atoms with Crippen molar-refractivity contribution >= 4 is 16.0 Å². The highest BCUT2D eigenvalue weighted by Gasteiger charge is 2.53. The van der Waals surface area contributed by atoms with Gasteiger partial charge < -0.3 is 0 Å². The monoisotopic (exact) mass is 297 g/mol. The van der Waals surface area contributed by atoms with Crippen LogP contribution < -0.4 is 0 Å². The van der Waals surface area contributed by atoms with E-state index in [-0.39, 0.29) is 15.5 Å². The molecule has 0 unspecified atom stereocenters. The summed E-state index contributed by atoms with van der Waals surface area (Å²) < 4.78 is 31.9. The fourth-order valence-corrected chi connectivity index (χ4v) is 15.5. The molecule has 0 radical (unpaired) electrons. The third-order valence-electron chi connectivity index (χ3n) is 3.24. The summed E-state index contributed by atoms with van der Waals surface area (Å²) in [5, 5.41) is -0.637. The summed E-state index contributed by atoms with van der Waals surface area (Å²) in [5.74, 6) is 0. The SMILES string of the molecule is CC(C)(C)P(=N[Si](C)(F)F)(C(C)(C)C)C(C)(C)C. The van der Waals surface area contributed by atoms with Crippen LogP contribution in [0.1, 0.15) is 62.3 Å². The molecular formula is C13H30F2NPSi. The first-order chi connectivity index (χ1) is 7.46. The molecule has 0 aliphatic rings. The second kappa shape index (κ2) is 4.70. The lowest BCUT2D eigenvalue weighted by Gasteiger charge is -2.54. The molecule has 5 heteroatoms. The first kappa shape index (κ1) is 18.3.